The Labute approximate surface area is 128 Å². The molecule has 1 aliphatic rings. The third-order valence-electron chi connectivity index (χ3n) is 3.54. The molecule has 21 heavy (non-hydrogen) atoms. The second kappa shape index (κ2) is 5.87. The molecular weight excluding hydrogens is 288 g/mol. The number of aromatic nitrogens is 2. The largest absolute Gasteiger partial charge is 0.334 e. The summed E-state index contributed by atoms with van der Waals surface area (Å²) in [6.45, 7) is 4.32. The van der Waals surface area contributed by atoms with E-state index in [1.54, 1.807) is 16.9 Å². The molecule has 5 nitrogen and oxygen atoms in total. The molecule has 3 rings (SSSR count). The number of amides is 1. The molecule has 1 atom stereocenters. The number of halogens is 1. The highest BCUT2D eigenvalue weighted by Gasteiger charge is 2.23. The van der Waals surface area contributed by atoms with Gasteiger partial charge in [0, 0.05) is 36.9 Å². The maximum absolute atomic E-state index is 12.5. The molecule has 0 aliphatic carbocycles. The van der Waals surface area contributed by atoms with Gasteiger partial charge in [-0.25, -0.2) is 4.68 Å². The first kappa shape index (κ1) is 14.1. The van der Waals surface area contributed by atoms with Crippen LogP contribution in [0.3, 0.4) is 0 Å². The van der Waals surface area contributed by atoms with Gasteiger partial charge in [0.2, 0.25) is 0 Å². The minimum atomic E-state index is -0.0240. The predicted octanol–water partition coefficient (Wildman–Crippen LogP) is 1.96. The molecule has 1 N–H and O–H groups in total. The third-order valence-corrected chi connectivity index (χ3v) is 3.77. The lowest BCUT2D eigenvalue weighted by Crippen LogP contribution is -2.51. The van der Waals surface area contributed by atoms with Crippen molar-refractivity contribution < 1.29 is 4.79 Å². The van der Waals surface area contributed by atoms with Crippen molar-refractivity contribution in [3.8, 4) is 5.69 Å². The van der Waals surface area contributed by atoms with E-state index < -0.39 is 0 Å². The van der Waals surface area contributed by atoms with Crippen molar-refractivity contribution >= 4 is 17.5 Å². The van der Waals surface area contributed by atoms with Gasteiger partial charge in [0.15, 0.2) is 5.69 Å². The molecule has 0 radical (unpaired) electrons. The van der Waals surface area contributed by atoms with Gasteiger partial charge in [-0.1, -0.05) is 17.7 Å². The maximum atomic E-state index is 12.5. The smallest absolute Gasteiger partial charge is 0.274 e. The number of hydrogen-bond acceptors (Lipinski definition) is 3. The molecule has 6 heteroatoms. The Hall–Kier alpha value is -1.85. The van der Waals surface area contributed by atoms with E-state index in [1.165, 1.54) is 0 Å². The first-order chi connectivity index (χ1) is 10.1. The van der Waals surface area contributed by atoms with Crippen molar-refractivity contribution in [2.75, 3.05) is 19.6 Å². The van der Waals surface area contributed by atoms with Gasteiger partial charge in [-0.2, -0.15) is 5.10 Å². The van der Waals surface area contributed by atoms with E-state index >= 15 is 0 Å². The Bertz CT molecular complexity index is 655. The van der Waals surface area contributed by atoms with Gasteiger partial charge in [0.05, 0.1) is 5.69 Å². The highest BCUT2D eigenvalue weighted by atomic mass is 35.5. The Kier molecular flexibility index (Phi) is 3.94. The highest BCUT2D eigenvalue weighted by molar-refractivity contribution is 6.30. The summed E-state index contributed by atoms with van der Waals surface area (Å²) >= 11 is 5.98. The average Bonchev–Trinajstić information content (AvgIpc) is 2.96. The lowest BCUT2D eigenvalue weighted by Gasteiger charge is -2.31. The van der Waals surface area contributed by atoms with Crippen LogP contribution in [-0.4, -0.2) is 46.3 Å². The molecule has 2 aromatic rings. The normalized spacial score (nSPS) is 18.8. The van der Waals surface area contributed by atoms with Gasteiger partial charge in [-0.05, 0) is 31.2 Å². The fourth-order valence-electron chi connectivity index (χ4n) is 2.48. The molecule has 1 amide bonds. The van der Waals surface area contributed by atoms with E-state index in [4.69, 9.17) is 11.6 Å². The van der Waals surface area contributed by atoms with E-state index in [-0.39, 0.29) is 5.91 Å². The third kappa shape index (κ3) is 3.09. The Morgan fingerprint density at radius 2 is 2.29 bits per heavy atom. The second-order valence-corrected chi connectivity index (χ2v) is 5.67. The molecule has 1 fully saturated rings. The molecule has 0 spiro atoms. The van der Waals surface area contributed by atoms with Crippen LogP contribution in [0, 0.1) is 0 Å². The van der Waals surface area contributed by atoms with E-state index in [9.17, 15) is 4.79 Å². The fourth-order valence-corrected chi connectivity index (χ4v) is 2.66. The molecular formula is C15H17ClN4O. The number of nitrogens with zero attached hydrogens (tertiary/aromatic N) is 3. The first-order valence-electron chi connectivity index (χ1n) is 6.98. The van der Waals surface area contributed by atoms with E-state index in [0.29, 0.717) is 29.8 Å². The molecule has 1 aliphatic heterocycles. The summed E-state index contributed by atoms with van der Waals surface area (Å²) in [5.41, 5.74) is 1.30. The Morgan fingerprint density at radius 3 is 3.05 bits per heavy atom. The van der Waals surface area contributed by atoms with Gasteiger partial charge in [-0.3, -0.25) is 4.79 Å². The van der Waals surface area contributed by atoms with Gasteiger partial charge in [-0.15, -0.1) is 0 Å². The SMILES string of the molecule is C[C@H]1CN(C(=O)c2ccn(-c3cccc(Cl)c3)n2)CCN1. The molecule has 110 valence electrons. The zero-order valence-corrected chi connectivity index (χ0v) is 12.5. The van der Waals surface area contributed by atoms with Crippen molar-refractivity contribution in [2.24, 2.45) is 0 Å². The standard InChI is InChI=1S/C15H17ClN4O/c1-11-10-19(8-6-17-11)15(21)14-5-7-20(18-14)13-4-2-3-12(16)9-13/h2-5,7,9,11,17H,6,8,10H2,1H3/t11-/m0/s1. The summed E-state index contributed by atoms with van der Waals surface area (Å²) in [5, 5.41) is 8.33. The topological polar surface area (TPSA) is 50.2 Å². The predicted molar refractivity (Wildman–Crippen MR) is 81.9 cm³/mol. The van der Waals surface area contributed by atoms with Crippen LogP contribution in [0.2, 0.25) is 5.02 Å². The molecule has 0 unspecified atom stereocenters. The summed E-state index contributed by atoms with van der Waals surface area (Å²) in [7, 11) is 0. The van der Waals surface area contributed by atoms with Crippen molar-refractivity contribution in [2.45, 2.75) is 13.0 Å². The van der Waals surface area contributed by atoms with Gasteiger partial charge in [0.1, 0.15) is 0 Å². The number of piperazine rings is 1. The summed E-state index contributed by atoms with van der Waals surface area (Å²) < 4.78 is 1.67. The van der Waals surface area contributed by atoms with Gasteiger partial charge < -0.3 is 10.2 Å². The van der Waals surface area contributed by atoms with Crippen molar-refractivity contribution in [1.29, 1.82) is 0 Å². The van der Waals surface area contributed by atoms with E-state index in [0.717, 1.165) is 12.2 Å². The highest BCUT2D eigenvalue weighted by Crippen LogP contribution is 2.15. The average molecular weight is 305 g/mol. The van der Waals surface area contributed by atoms with Crippen molar-refractivity contribution in [1.82, 2.24) is 20.0 Å². The minimum absolute atomic E-state index is 0.0240. The number of hydrogen-bond donors (Lipinski definition) is 1. The maximum Gasteiger partial charge on any atom is 0.274 e. The summed E-state index contributed by atoms with van der Waals surface area (Å²) in [6, 6.07) is 9.45. The summed E-state index contributed by atoms with van der Waals surface area (Å²) in [6.07, 6.45) is 1.78. The second-order valence-electron chi connectivity index (χ2n) is 5.23. The molecule has 0 saturated carbocycles. The van der Waals surface area contributed by atoms with Crippen molar-refractivity contribution in [3.63, 3.8) is 0 Å². The van der Waals surface area contributed by atoms with E-state index in [2.05, 4.69) is 17.3 Å². The van der Waals surface area contributed by atoms with Crippen LogP contribution in [0.4, 0.5) is 0 Å². The molecule has 2 heterocycles. The Balaban J connectivity index is 1.80. The molecule has 1 aromatic heterocycles. The summed E-state index contributed by atoms with van der Waals surface area (Å²) in [4.78, 5) is 14.3. The van der Waals surface area contributed by atoms with Crippen LogP contribution in [-0.2, 0) is 0 Å². The molecule has 1 saturated heterocycles. The Morgan fingerprint density at radius 1 is 1.43 bits per heavy atom. The summed E-state index contributed by atoms with van der Waals surface area (Å²) in [5.74, 6) is -0.0240. The van der Waals surface area contributed by atoms with Crippen LogP contribution >= 0.6 is 11.6 Å². The van der Waals surface area contributed by atoms with Crippen molar-refractivity contribution in [3.05, 3.63) is 47.2 Å². The van der Waals surface area contributed by atoms with Crippen LogP contribution < -0.4 is 5.32 Å². The monoisotopic (exact) mass is 304 g/mol. The van der Waals surface area contributed by atoms with E-state index in [1.807, 2.05) is 29.2 Å². The van der Waals surface area contributed by atoms with Crippen LogP contribution in [0.25, 0.3) is 5.69 Å². The molecule has 0 bridgehead atoms. The fraction of sp³-hybridized carbons (Fsp3) is 0.333. The van der Waals surface area contributed by atoms with Crippen LogP contribution in [0.1, 0.15) is 17.4 Å². The number of nitrogens with one attached hydrogen (secondary N) is 1. The lowest BCUT2D eigenvalue weighted by atomic mass is 10.2. The number of benzene rings is 1. The zero-order chi connectivity index (χ0) is 14.8. The number of carbonyl (C=O) groups is 1. The first-order valence-corrected chi connectivity index (χ1v) is 7.35. The zero-order valence-electron chi connectivity index (χ0n) is 11.8. The number of rotatable bonds is 2. The number of carbonyl (C=O) groups excluding carboxylic acids is 1. The minimum Gasteiger partial charge on any atom is -0.334 e. The van der Waals surface area contributed by atoms with Crippen LogP contribution in [0.5, 0.6) is 0 Å². The van der Waals surface area contributed by atoms with Gasteiger partial charge >= 0.3 is 0 Å². The lowest BCUT2D eigenvalue weighted by molar-refractivity contribution is 0.0702. The molecule has 1 aromatic carbocycles. The van der Waals surface area contributed by atoms with Gasteiger partial charge in [0.25, 0.3) is 5.91 Å². The quantitative estimate of drug-likeness (QED) is 0.923. The van der Waals surface area contributed by atoms with Crippen LogP contribution in [0.15, 0.2) is 36.5 Å².